The van der Waals surface area contributed by atoms with Crippen LogP contribution in [-0.4, -0.2) is 23.8 Å². The number of halogens is 5. The standard InChI is InChI=1S/C16H12Cl2F3N3SSi/c1-26(2,3)15-13(23-24-14(15)8-22)5-4-10-11(17)6-9(7-12(10)18)25-16(19,20)21/h6-7H,1-3H3,(H,23,24). The van der Waals surface area contributed by atoms with Crippen molar-refractivity contribution in [2.24, 2.45) is 0 Å². The lowest BCUT2D eigenvalue weighted by atomic mass is 10.2. The van der Waals surface area contributed by atoms with Gasteiger partial charge in [0.2, 0.25) is 0 Å². The molecule has 0 saturated heterocycles. The average molecular weight is 434 g/mol. The summed E-state index contributed by atoms with van der Waals surface area (Å²) in [7, 11) is -1.91. The quantitative estimate of drug-likeness (QED) is 0.404. The number of nitrogens with zero attached hydrogens (tertiary/aromatic N) is 2. The Hall–Kier alpha value is -1.58. The third-order valence-electron chi connectivity index (χ3n) is 3.18. The van der Waals surface area contributed by atoms with Crippen LogP contribution in [-0.2, 0) is 0 Å². The number of nitrogens with one attached hydrogen (secondary N) is 1. The Labute approximate surface area is 163 Å². The van der Waals surface area contributed by atoms with Crippen LogP contribution in [0.1, 0.15) is 17.0 Å². The van der Waals surface area contributed by atoms with E-state index in [4.69, 9.17) is 23.2 Å². The lowest BCUT2D eigenvalue weighted by Crippen LogP contribution is -2.40. The number of thioether (sulfide) groups is 1. The second-order valence-corrected chi connectivity index (χ2v) is 13.2. The molecule has 0 spiro atoms. The fraction of sp³-hybridized carbons (Fsp3) is 0.250. The second kappa shape index (κ2) is 7.57. The summed E-state index contributed by atoms with van der Waals surface area (Å²) >= 11 is 11.8. The van der Waals surface area contributed by atoms with E-state index in [-0.39, 0.29) is 32.3 Å². The van der Waals surface area contributed by atoms with Crippen LogP contribution >= 0.6 is 35.0 Å². The molecule has 0 amide bonds. The van der Waals surface area contributed by atoms with Crippen molar-refractivity contribution in [3.63, 3.8) is 0 Å². The van der Waals surface area contributed by atoms with Crippen molar-refractivity contribution < 1.29 is 13.2 Å². The van der Waals surface area contributed by atoms with Crippen molar-refractivity contribution >= 4 is 48.2 Å². The maximum Gasteiger partial charge on any atom is 0.446 e. The molecule has 1 aromatic heterocycles. The number of benzene rings is 1. The molecule has 26 heavy (non-hydrogen) atoms. The molecule has 0 fully saturated rings. The number of aromatic amines is 1. The Bertz CT molecular complexity index is 924. The van der Waals surface area contributed by atoms with E-state index in [1.54, 1.807) is 0 Å². The molecule has 0 unspecified atom stereocenters. The van der Waals surface area contributed by atoms with Crippen LogP contribution in [0.5, 0.6) is 0 Å². The van der Waals surface area contributed by atoms with E-state index in [0.717, 1.165) is 5.19 Å². The highest BCUT2D eigenvalue weighted by atomic mass is 35.5. The van der Waals surface area contributed by atoms with Crippen LogP contribution in [0.3, 0.4) is 0 Å². The van der Waals surface area contributed by atoms with Crippen molar-refractivity contribution in [1.82, 2.24) is 10.2 Å². The lowest BCUT2D eigenvalue weighted by molar-refractivity contribution is -0.0328. The van der Waals surface area contributed by atoms with Crippen LogP contribution in [0.15, 0.2) is 17.0 Å². The van der Waals surface area contributed by atoms with E-state index in [1.165, 1.54) is 12.1 Å². The van der Waals surface area contributed by atoms with Gasteiger partial charge < -0.3 is 0 Å². The van der Waals surface area contributed by atoms with Crippen molar-refractivity contribution in [3.8, 4) is 17.9 Å². The van der Waals surface area contributed by atoms with Gasteiger partial charge in [0.25, 0.3) is 0 Å². The summed E-state index contributed by atoms with van der Waals surface area (Å²) in [6.07, 6.45) is 0. The summed E-state index contributed by atoms with van der Waals surface area (Å²) in [6.45, 7) is 6.15. The molecule has 0 saturated carbocycles. The topological polar surface area (TPSA) is 52.5 Å². The molecular formula is C16H12Cl2F3N3SSi. The Morgan fingerprint density at radius 3 is 2.19 bits per heavy atom. The van der Waals surface area contributed by atoms with Crippen molar-refractivity contribution in [1.29, 1.82) is 5.26 Å². The molecule has 0 aliphatic carbocycles. The lowest BCUT2D eigenvalue weighted by Gasteiger charge is -2.14. The molecule has 1 heterocycles. The minimum atomic E-state index is -4.43. The third-order valence-corrected chi connectivity index (χ3v) is 6.47. The third kappa shape index (κ3) is 4.98. The molecule has 2 aromatic rings. The highest BCUT2D eigenvalue weighted by Gasteiger charge is 2.30. The van der Waals surface area contributed by atoms with Crippen LogP contribution in [0.25, 0.3) is 0 Å². The van der Waals surface area contributed by atoms with E-state index in [0.29, 0.717) is 11.4 Å². The SMILES string of the molecule is C[Si](C)(C)c1c(C#N)n[nH]c1C#Cc1c(Cl)cc(SC(F)(F)F)cc1Cl. The van der Waals surface area contributed by atoms with E-state index in [1.807, 2.05) is 25.7 Å². The first-order valence-corrected chi connectivity index (χ1v) is 12.3. The number of H-pyrrole nitrogens is 1. The molecule has 0 aliphatic heterocycles. The molecule has 0 atom stereocenters. The van der Waals surface area contributed by atoms with Gasteiger partial charge in [0, 0.05) is 10.1 Å². The molecule has 0 bridgehead atoms. The van der Waals surface area contributed by atoms with Gasteiger partial charge in [0.1, 0.15) is 11.8 Å². The molecule has 0 aliphatic rings. The number of aromatic nitrogens is 2. The number of rotatable bonds is 2. The monoisotopic (exact) mass is 433 g/mol. The molecule has 10 heteroatoms. The van der Waals surface area contributed by atoms with Crippen molar-refractivity contribution in [2.75, 3.05) is 0 Å². The first-order chi connectivity index (χ1) is 11.9. The molecule has 0 radical (unpaired) electrons. The van der Waals surface area contributed by atoms with Crippen LogP contribution in [0, 0.1) is 23.2 Å². The van der Waals surface area contributed by atoms with E-state index >= 15 is 0 Å². The van der Waals surface area contributed by atoms with E-state index in [2.05, 4.69) is 22.0 Å². The van der Waals surface area contributed by atoms with Gasteiger partial charge in [-0.05, 0) is 29.8 Å². The van der Waals surface area contributed by atoms with E-state index < -0.39 is 13.6 Å². The van der Waals surface area contributed by atoms with Crippen LogP contribution < -0.4 is 5.19 Å². The van der Waals surface area contributed by atoms with Gasteiger partial charge in [0.05, 0.1) is 23.7 Å². The van der Waals surface area contributed by atoms with Crippen LogP contribution in [0.2, 0.25) is 29.7 Å². The predicted molar refractivity (Wildman–Crippen MR) is 101 cm³/mol. The molecule has 1 aromatic carbocycles. The van der Waals surface area contributed by atoms with Gasteiger partial charge in [-0.15, -0.1) is 0 Å². The molecular weight excluding hydrogens is 422 g/mol. The minimum absolute atomic E-state index is 0.0197. The summed E-state index contributed by atoms with van der Waals surface area (Å²) in [5, 5.41) is 16.7. The number of alkyl halides is 3. The van der Waals surface area contributed by atoms with Gasteiger partial charge in [0.15, 0.2) is 5.69 Å². The maximum absolute atomic E-state index is 12.5. The molecule has 3 nitrogen and oxygen atoms in total. The highest BCUT2D eigenvalue weighted by Crippen LogP contribution is 2.40. The highest BCUT2D eigenvalue weighted by molar-refractivity contribution is 8.00. The fourth-order valence-electron chi connectivity index (χ4n) is 2.23. The smallest absolute Gasteiger partial charge is 0.269 e. The predicted octanol–water partition coefficient (Wildman–Crippen LogP) is 5.15. The van der Waals surface area contributed by atoms with E-state index in [9.17, 15) is 18.4 Å². The van der Waals surface area contributed by atoms with Gasteiger partial charge in [-0.25, -0.2) is 0 Å². The van der Waals surface area contributed by atoms with Gasteiger partial charge in [-0.2, -0.15) is 23.5 Å². The number of hydrogen-bond donors (Lipinski definition) is 1. The van der Waals surface area contributed by atoms with Gasteiger partial charge >= 0.3 is 5.51 Å². The van der Waals surface area contributed by atoms with Gasteiger partial charge in [-0.3, -0.25) is 5.10 Å². The Kier molecular flexibility index (Phi) is 6.04. The van der Waals surface area contributed by atoms with Crippen molar-refractivity contribution in [3.05, 3.63) is 39.1 Å². The normalized spacial score (nSPS) is 11.7. The zero-order valence-electron chi connectivity index (χ0n) is 13.8. The largest absolute Gasteiger partial charge is 0.446 e. The van der Waals surface area contributed by atoms with Gasteiger partial charge in [-0.1, -0.05) is 48.8 Å². The summed E-state index contributed by atoms with van der Waals surface area (Å²) in [4.78, 5) is -0.117. The zero-order chi connectivity index (χ0) is 19.7. The molecule has 136 valence electrons. The second-order valence-electron chi connectivity index (χ2n) is 6.24. The van der Waals surface area contributed by atoms with Crippen LogP contribution in [0.4, 0.5) is 13.2 Å². The Morgan fingerprint density at radius 1 is 1.15 bits per heavy atom. The number of hydrogen-bond acceptors (Lipinski definition) is 3. The number of nitriles is 1. The molecule has 2 rings (SSSR count). The maximum atomic E-state index is 12.5. The minimum Gasteiger partial charge on any atom is -0.269 e. The first-order valence-electron chi connectivity index (χ1n) is 7.18. The Balaban J connectivity index is 2.47. The molecule has 1 N–H and O–H groups in total. The average Bonchev–Trinajstić information content (AvgIpc) is 2.87. The summed E-state index contributed by atoms with van der Waals surface area (Å²) in [6, 6.07) is 4.37. The summed E-state index contributed by atoms with van der Waals surface area (Å²) < 4.78 is 37.4. The fourth-order valence-corrected chi connectivity index (χ4v) is 5.25. The zero-order valence-corrected chi connectivity index (χ0v) is 17.2. The Morgan fingerprint density at radius 2 is 1.73 bits per heavy atom. The summed E-state index contributed by atoms with van der Waals surface area (Å²) in [5.41, 5.74) is -3.44. The first kappa shape index (κ1) is 20.7. The summed E-state index contributed by atoms with van der Waals surface area (Å²) in [5.74, 6) is 5.63. The van der Waals surface area contributed by atoms with Crippen molar-refractivity contribution in [2.45, 2.75) is 30.0 Å².